The third-order valence-electron chi connectivity index (χ3n) is 14.0. The molecule has 0 aromatic heterocycles. The molecule has 0 saturated carbocycles. The second kappa shape index (κ2) is 21.4. The van der Waals surface area contributed by atoms with Crippen LogP contribution in [0.5, 0.6) is 0 Å². The van der Waals surface area contributed by atoms with Gasteiger partial charge in [-0.05, 0) is 91.0 Å². The summed E-state index contributed by atoms with van der Waals surface area (Å²) >= 11 is 12.5. The summed E-state index contributed by atoms with van der Waals surface area (Å²) in [4.78, 5) is 75.1. The molecule has 65 heavy (non-hydrogen) atoms. The van der Waals surface area contributed by atoms with E-state index in [1.807, 2.05) is 14.0 Å². The maximum Gasteiger partial charge on any atom is 0.419 e. The number of Topliss-reactive ketones (excluding diaryl/α,β-unsaturated/α-hetero) is 1. The van der Waals surface area contributed by atoms with E-state index in [1.54, 1.807) is 73.6 Å². The molecule has 4 aliphatic rings. The number of hydrogen-bond acceptors (Lipinski definition) is 14. The second-order valence-corrected chi connectivity index (χ2v) is 20.4. The van der Waals surface area contributed by atoms with Crippen LogP contribution in [0, 0.1) is 29.6 Å². The molecule has 0 radical (unpaired) electrons. The number of nitrogens with zero attached hydrogens (tertiary/aromatic N) is 3. The number of amides is 3. The van der Waals surface area contributed by atoms with Crippen LogP contribution < -0.4 is 0 Å². The van der Waals surface area contributed by atoms with Crippen LogP contribution in [0.4, 0.5) is 14.4 Å². The predicted molar refractivity (Wildman–Crippen MR) is 241 cm³/mol. The van der Waals surface area contributed by atoms with Crippen LogP contribution in [0.15, 0.2) is 18.2 Å². The second-order valence-electron chi connectivity index (χ2n) is 19.6. The first-order valence-electron chi connectivity index (χ1n) is 23.0. The molecule has 1 aromatic carbocycles. The fraction of sp³-hybridized carbons (Fsp3) is 0.766. The van der Waals surface area contributed by atoms with Crippen molar-refractivity contribution in [1.82, 2.24) is 14.7 Å². The van der Waals surface area contributed by atoms with Gasteiger partial charge in [-0.2, -0.15) is 0 Å². The van der Waals surface area contributed by atoms with E-state index in [9.17, 15) is 24.3 Å². The smallest absolute Gasteiger partial charge is 0.419 e. The van der Waals surface area contributed by atoms with Crippen LogP contribution in [0.3, 0.4) is 0 Å². The number of methoxy groups -OCH3 is 1. The number of cyclic esters (lactones) is 2. The number of ketones is 1. The Bertz CT molecular complexity index is 1890. The summed E-state index contributed by atoms with van der Waals surface area (Å²) in [6.07, 6.45) is -7.80. The maximum absolute atomic E-state index is 15.0. The molecule has 16 nitrogen and oxygen atoms in total. The highest BCUT2D eigenvalue weighted by atomic mass is 35.5. The molecule has 4 aliphatic heterocycles. The quantitative estimate of drug-likeness (QED) is 0.170. The zero-order chi connectivity index (χ0) is 48.5. The molecule has 5 rings (SSSR count). The topological polar surface area (TPSA) is 180 Å². The van der Waals surface area contributed by atoms with Crippen LogP contribution in [0.2, 0.25) is 10.0 Å². The van der Waals surface area contributed by atoms with Crippen molar-refractivity contribution in [1.29, 1.82) is 0 Å². The average Bonchev–Trinajstić information content (AvgIpc) is 3.72. The predicted octanol–water partition coefficient (Wildman–Crippen LogP) is 7.54. The molecule has 1 aromatic rings. The number of carbonyl (C=O) groups excluding carboxylic acids is 5. The van der Waals surface area contributed by atoms with Gasteiger partial charge in [-0.3, -0.25) is 14.5 Å². The lowest BCUT2D eigenvalue weighted by Gasteiger charge is -2.49. The molecule has 18 heteroatoms. The maximum atomic E-state index is 15.0. The Labute approximate surface area is 394 Å². The van der Waals surface area contributed by atoms with Crippen molar-refractivity contribution in [2.75, 3.05) is 33.9 Å². The molecule has 366 valence electrons. The van der Waals surface area contributed by atoms with Gasteiger partial charge in [-0.15, -0.1) is 0 Å². The van der Waals surface area contributed by atoms with Gasteiger partial charge in [0, 0.05) is 44.0 Å². The summed E-state index contributed by atoms with van der Waals surface area (Å²) in [6.45, 7) is 20.5. The Balaban J connectivity index is 1.62. The number of benzene rings is 1. The van der Waals surface area contributed by atoms with Crippen molar-refractivity contribution in [3.63, 3.8) is 0 Å². The van der Waals surface area contributed by atoms with E-state index in [-0.39, 0.29) is 43.9 Å². The zero-order valence-electron chi connectivity index (χ0n) is 40.2. The van der Waals surface area contributed by atoms with Gasteiger partial charge in [0.2, 0.25) is 0 Å². The monoisotopic (exact) mass is 955 g/mol. The standard InChI is InChI=1S/C47H71Cl2N3O13/c1-14-35-47(11)39(51(43(56)65-47)18-17-31-15-16-32(48)33(49)20-31)28(7)36(53)25(4)21-46(10,59-13)40(64-42-37(54)34(19-27(6)61-42)50(12)22-24(2)3)29(8)38(30(9)41(55)62-35)63-45(58)52-26(5)23-60-44(52)57/h15-16,20,24-30,34-35,37-40,42,54H,14,17-19,21-23H2,1-13H3/t25-,26+,27-,28+,29+,30-,34+,35-,37-,38+,39-,40-,42+,46+,47-/m1/s1. The van der Waals surface area contributed by atoms with Crippen molar-refractivity contribution >= 4 is 53.2 Å². The Hall–Kier alpha value is -3.25. The number of halogens is 2. The minimum atomic E-state index is -1.52. The van der Waals surface area contributed by atoms with Gasteiger partial charge in [-0.25, -0.2) is 19.3 Å². The summed E-state index contributed by atoms with van der Waals surface area (Å²) in [5, 5.41) is 12.7. The lowest BCUT2D eigenvalue weighted by molar-refractivity contribution is -0.302. The normalized spacial score (nSPS) is 37.5. The number of esters is 1. The summed E-state index contributed by atoms with van der Waals surface area (Å²) in [7, 11) is 3.42. The SMILES string of the molecule is CC[C@H]1OC(=O)[C@H](C)[C@@H](OC(=O)N2C(=O)OC[C@@H]2C)[C@H](C)[C@@H](O[C@@H]2O[C@H](C)C[C@H](N(C)CC(C)C)[C@H]2O)[C@@](C)(OC)C[C@@H](C)C(=O)[C@H](C)[C@H]2N(CCc3ccc(Cl)c(Cl)c3)C(=O)O[C@]12C. The number of fused-ring (bicyclic) bond motifs is 1. The number of aliphatic hydroxyl groups is 1. The van der Waals surface area contributed by atoms with Crippen LogP contribution in [-0.4, -0.2) is 150 Å². The fourth-order valence-electron chi connectivity index (χ4n) is 10.6. The number of ether oxygens (including phenoxy) is 7. The molecule has 3 amide bonds. The number of carbonyl (C=O) groups is 5. The lowest BCUT2D eigenvalue weighted by atomic mass is 9.73. The minimum absolute atomic E-state index is 0.0461. The molecule has 0 spiro atoms. The highest BCUT2D eigenvalue weighted by Gasteiger charge is 2.61. The first-order valence-corrected chi connectivity index (χ1v) is 23.7. The highest BCUT2D eigenvalue weighted by Crippen LogP contribution is 2.44. The van der Waals surface area contributed by atoms with Gasteiger partial charge in [-0.1, -0.05) is 70.8 Å². The number of likely N-dealkylation sites (N-methyl/N-ethyl adjacent to an activating group) is 1. The summed E-state index contributed by atoms with van der Waals surface area (Å²) in [5.74, 6) is -4.48. The van der Waals surface area contributed by atoms with Crippen molar-refractivity contribution in [2.24, 2.45) is 29.6 Å². The molecule has 1 N–H and O–H groups in total. The number of aliphatic hydroxyl groups excluding tert-OH is 1. The first-order chi connectivity index (χ1) is 30.4. The van der Waals surface area contributed by atoms with E-state index < -0.39 is 102 Å². The van der Waals surface area contributed by atoms with Crippen molar-refractivity contribution in [3.8, 4) is 0 Å². The van der Waals surface area contributed by atoms with Gasteiger partial charge in [0.25, 0.3) is 0 Å². The summed E-state index contributed by atoms with van der Waals surface area (Å²) in [5.41, 5.74) is -2.11. The molecule has 4 saturated heterocycles. The number of hydrogen-bond donors (Lipinski definition) is 1. The Kier molecular flexibility index (Phi) is 17.3. The van der Waals surface area contributed by atoms with E-state index in [0.717, 1.165) is 10.5 Å². The van der Waals surface area contributed by atoms with Gasteiger partial charge >= 0.3 is 24.2 Å². The molecular weight excluding hydrogens is 885 g/mol. The van der Waals surface area contributed by atoms with E-state index in [2.05, 4.69) is 18.7 Å². The van der Waals surface area contributed by atoms with Gasteiger partial charge in [0.1, 0.15) is 30.7 Å². The molecule has 0 bridgehead atoms. The van der Waals surface area contributed by atoms with E-state index in [1.165, 1.54) is 12.0 Å². The Morgan fingerprint density at radius 1 is 1.02 bits per heavy atom. The largest absolute Gasteiger partial charge is 0.458 e. The molecular formula is C47H71Cl2N3O13. The zero-order valence-corrected chi connectivity index (χ0v) is 41.7. The van der Waals surface area contributed by atoms with Gasteiger partial charge in [0.05, 0.1) is 45.9 Å². The fourth-order valence-corrected chi connectivity index (χ4v) is 10.9. The number of rotatable bonds is 11. The van der Waals surface area contributed by atoms with E-state index >= 15 is 4.79 Å². The van der Waals surface area contributed by atoms with Crippen LogP contribution >= 0.6 is 23.2 Å². The molecule has 15 atom stereocenters. The first kappa shape index (κ1) is 52.7. The highest BCUT2D eigenvalue weighted by molar-refractivity contribution is 6.42. The Morgan fingerprint density at radius 2 is 1.69 bits per heavy atom. The van der Waals surface area contributed by atoms with E-state index in [4.69, 9.17) is 56.4 Å². The third-order valence-corrected chi connectivity index (χ3v) is 14.8. The average molecular weight is 957 g/mol. The third kappa shape index (κ3) is 11.2. The Morgan fingerprint density at radius 3 is 2.28 bits per heavy atom. The van der Waals surface area contributed by atoms with Gasteiger partial charge in [0.15, 0.2) is 11.9 Å². The molecule has 0 unspecified atom stereocenters. The van der Waals surface area contributed by atoms with Crippen molar-refractivity contribution in [2.45, 2.75) is 168 Å². The lowest BCUT2D eigenvalue weighted by Crippen LogP contribution is -2.61. The van der Waals surface area contributed by atoms with Crippen LogP contribution in [-0.2, 0) is 49.2 Å². The van der Waals surface area contributed by atoms with Gasteiger partial charge < -0.3 is 43.2 Å². The molecule has 0 aliphatic carbocycles. The van der Waals surface area contributed by atoms with Crippen LogP contribution in [0.25, 0.3) is 0 Å². The van der Waals surface area contributed by atoms with Crippen molar-refractivity contribution in [3.05, 3.63) is 33.8 Å². The minimum Gasteiger partial charge on any atom is -0.458 e. The van der Waals surface area contributed by atoms with E-state index in [0.29, 0.717) is 35.3 Å². The molecule has 4 fully saturated rings. The molecule has 4 heterocycles. The van der Waals surface area contributed by atoms with Crippen molar-refractivity contribution < 1.29 is 62.2 Å². The number of imide groups is 1. The van der Waals surface area contributed by atoms with Crippen LogP contribution in [0.1, 0.15) is 101 Å². The summed E-state index contributed by atoms with van der Waals surface area (Å²) in [6, 6.07) is 3.27. The summed E-state index contributed by atoms with van der Waals surface area (Å²) < 4.78 is 43.5.